The van der Waals surface area contributed by atoms with Gasteiger partial charge in [-0.25, -0.2) is 4.79 Å². The molecule has 0 aromatic heterocycles. The van der Waals surface area contributed by atoms with Crippen molar-refractivity contribution in [2.45, 2.75) is 33.1 Å². The highest BCUT2D eigenvalue weighted by atomic mass is 79.9. The molecule has 1 atom stereocenters. The molecule has 6 nitrogen and oxygen atoms in total. The first-order chi connectivity index (χ1) is 11.9. The molecular formula is C18H20BrNO5. The van der Waals surface area contributed by atoms with Crippen LogP contribution in [0.15, 0.2) is 27.9 Å². The highest BCUT2D eigenvalue weighted by Gasteiger charge is 2.35. The summed E-state index contributed by atoms with van der Waals surface area (Å²) in [4.78, 5) is 24.7. The van der Waals surface area contributed by atoms with Crippen LogP contribution in [-0.2, 0) is 14.3 Å². The number of fused-ring (bicyclic) bond motifs is 1. The number of halogens is 1. The molecule has 0 aliphatic carbocycles. The molecule has 0 fully saturated rings. The van der Waals surface area contributed by atoms with E-state index in [0.717, 1.165) is 10.0 Å². The molecule has 1 amide bonds. The van der Waals surface area contributed by atoms with Crippen molar-refractivity contribution in [1.29, 1.82) is 0 Å². The predicted molar refractivity (Wildman–Crippen MR) is 94.3 cm³/mol. The molecule has 2 aliphatic heterocycles. The van der Waals surface area contributed by atoms with Crippen LogP contribution >= 0.6 is 15.9 Å². The van der Waals surface area contributed by atoms with Crippen molar-refractivity contribution in [2.75, 3.05) is 13.4 Å². The van der Waals surface area contributed by atoms with Gasteiger partial charge in [0.05, 0.1) is 12.2 Å². The molecule has 25 heavy (non-hydrogen) atoms. The summed E-state index contributed by atoms with van der Waals surface area (Å²) in [6, 6.07) is 3.62. The van der Waals surface area contributed by atoms with Gasteiger partial charge in [-0.2, -0.15) is 0 Å². The lowest BCUT2D eigenvalue weighted by Gasteiger charge is -2.27. The third-order valence-electron chi connectivity index (χ3n) is 4.10. The van der Waals surface area contributed by atoms with Crippen LogP contribution in [0.2, 0.25) is 0 Å². The Morgan fingerprint density at radius 1 is 1.36 bits per heavy atom. The quantitative estimate of drug-likeness (QED) is 0.772. The minimum absolute atomic E-state index is 0.132. The molecule has 134 valence electrons. The molecule has 0 unspecified atom stereocenters. The fraction of sp³-hybridized carbons (Fsp3) is 0.444. The molecule has 1 N–H and O–H groups in total. The number of esters is 1. The summed E-state index contributed by atoms with van der Waals surface area (Å²) < 4.78 is 17.0. The third-order valence-corrected chi connectivity index (χ3v) is 4.79. The van der Waals surface area contributed by atoms with E-state index < -0.39 is 11.9 Å². The summed E-state index contributed by atoms with van der Waals surface area (Å²) in [6.07, 6.45) is 0.168. The molecule has 1 aromatic carbocycles. The van der Waals surface area contributed by atoms with E-state index in [1.165, 1.54) is 0 Å². The number of benzene rings is 1. The monoisotopic (exact) mass is 409 g/mol. The minimum Gasteiger partial charge on any atom is -0.462 e. The van der Waals surface area contributed by atoms with E-state index in [1.807, 2.05) is 19.9 Å². The third kappa shape index (κ3) is 3.66. The lowest BCUT2D eigenvalue weighted by Crippen LogP contribution is -2.34. The Morgan fingerprint density at radius 3 is 2.72 bits per heavy atom. The average Bonchev–Trinajstić information content (AvgIpc) is 2.98. The lowest BCUT2D eigenvalue weighted by atomic mass is 9.84. The van der Waals surface area contributed by atoms with Gasteiger partial charge >= 0.3 is 5.97 Å². The first-order valence-electron chi connectivity index (χ1n) is 8.13. The van der Waals surface area contributed by atoms with Crippen molar-refractivity contribution in [3.63, 3.8) is 0 Å². The maximum absolute atomic E-state index is 12.6. The maximum atomic E-state index is 12.6. The summed E-state index contributed by atoms with van der Waals surface area (Å²) in [6.45, 7) is 6.16. The summed E-state index contributed by atoms with van der Waals surface area (Å²) >= 11 is 3.52. The first kappa shape index (κ1) is 17.8. The zero-order chi connectivity index (χ0) is 18.1. The summed E-state index contributed by atoms with van der Waals surface area (Å²) in [5, 5.41) is 2.74. The number of amides is 1. The Labute approximate surface area is 154 Å². The Balaban J connectivity index is 1.99. The van der Waals surface area contributed by atoms with Crippen LogP contribution in [0.5, 0.6) is 11.5 Å². The molecule has 0 spiro atoms. The van der Waals surface area contributed by atoms with Crippen LogP contribution in [-0.4, -0.2) is 25.3 Å². The van der Waals surface area contributed by atoms with Gasteiger partial charge < -0.3 is 19.5 Å². The van der Waals surface area contributed by atoms with E-state index in [1.54, 1.807) is 13.0 Å². The molecule has 0 bridgehead atoms. The number of hydrogen-bond acceptors (Lipinski definition) is 5. The predicted octanol–water partition coefficient (Wildman–Crippen LogP) is 3.25. The van der Waals surface area contributed by atoms with Gasteiger partial charge in [-0.3, -0.25) is 4.79 Å². The van der Waals surface area contributed by atoms with Gasteiger partial charge in [-0.15, -0.1) is 0 Å². The van der Waals surface area contributed by atoms with Crippen LogP contribution in [0.4, 0.5) is 0 Å². The molecule has 2 aliphatic rings. The van der Waals surface area contributed by atoms with Gasteiger partial charge in [0.2, 0.25) is 12.7 Å². The molecule has 3 rings (SSSR count). The fourth-order valence-electron chi connectivity index (χ4n) is 2.96. The second-order valence-corrected chi connectivity index (χ2v) is 7.42. The minimum atomic E-state index is -0.405. The van der Waals surface area contributed by atoms with Crippen LogP contribution in [0.3, 0.4) is 0 Å². The van der Waals surface area contributed by atoms with E-state index in [2.05, 4.69) is 21.2 Å². The molecule has 2 heterocycles. The van der Waals surface area contributed by atoms with Gasteiger partial charge in [-0.05, 0) is 30.5 Å². The van der Waals surface area contributed by atoms with Gasteiger partial charge in [0, 0.05) is 22.5 Å². The smallest absolute Gasteiger partial charge is 0.336 e. The number of nitrogens with one attached hydrogen (secondary N) is 1. The topological polar surface area (TPSA) is 73.9 Å². The summed E-state index contributed by atoms with van der Waals surface area (Å²) in [5.41, 5.74) is 1.80. The average molecular weight is 410 g/mol. The highest BCUT2D eigenvalue weighted by molar-refractivity contribution is 9.10. The van der Waals surface area contributed by atoms with E-state index in [-0.39, 0.29) is 25.0 Å². The highest BCUT2D eigenvalue weighted by Crippen LogP contribution is 2.43. The molecule has 0 saturated carbocycles. The zero-order valence-electron chi connectivity index (χ0n) is 14.3. The summed E-state index contributed by atoms with van der Waals surface area (Å²) in [7, 11) is 0. The van der Waals surface area contributed by atoms with Gasteiger partial charge in [0.15, 0.2) is 11.5 Å². The van der Waals surface area contributed by atoms with Crippen molar-refractivity contribution in [1.82, 2.24) is 5.32 Å². The lowest BCUT2D eigenvalue weighted by molar-refractivity contribution is -0.140. The van der Waals surface area contributed by atoms with E-state index >= 15 is 0 Å². The van der Waals surface area contributed by atoms with Crippen LogP contribution in [0.25, 0.3) is 0 Å². The van der Waals surface area contributed by atoms with Crippen molar-refractivity contribution in [3.05, 3.63) is 33.4 Å². The Morgan fingerprint density at radius 2 is 2.04 bits per heavy atom. The zero-order valence-corrected chi connectivity index (χ0v) is 15.9. The van der Waals surface area contributed by atoms with Crippen LogP contribution in [0.1, 0.15) is 38.7 Å². The normalized spacial score (nSPS) is 19.2. The van der Waals surface area contributed by atoms with Gasteiger partial charge in [-0.1, -0.05) is 29.8 Å². The second-order valence-electron chi connectivity index (χ2n) is 6.56. The number of carbonyl (C=O) groups is 2. The second kappa shape index (κ2) is 7.07. The number of carbonyl (C=O) groups excluding carboxylic acids is 2. The van der Waals surface area contributed by atoms with E-state index in [4.69, 9.17) is 14.2 Å². The Hall–Kier alpha value is -2.02. The van der Waals surface area contributed by atoms with Crippen molar-refractivity contribution in [3.8, 4) is 11.5 Å². The van der Waals surface area contributed by atoms with Crippen molar-refractivity contribution in [2.24, 2.45) is 5.92 Å². The number of hydrogen-bond donors (Lipinski definition) is 1. The fourth-order valence-corrected chi connectivity index (χ4v) is 3.56. The maximum Gasteiger partial charge on any atom is 0.336 e. The number of rotatable bonds is 4. The standard InChI is InChI=1S/C18H20BrNO5/c1-9(2)7-23-18(22)17-10(3)20-16(21)5-12(17)11-4-14-15(6-13(11)19)25-8-24-14/h4,6,9,12H,5,7-8H2,1-3H3,(H,20,21)/t12-/m0/s1. The van der Waals surface area contributed by atoms with E-state index in [0.29, 0.717) is 29.4 Å². The molecule has 1 aromatic rings. The Bertz CT molecular complexity index is 756. The molecule has 7 heteroatoms. The largest absolute Gasteiger partial charge is 0.462 e. The number of ether oxygens (including phenoxy) is 3. The van der Waals surface area contributed by atoms with E-state index in [9.17, 15) is 9.59 Å². The number of allylic oxidation sites excluding steroid dienone is 1. The van der Waals surface area contributed by atoms with Crippen molar-refractivity contribution >= 4 is 27.8 Å². The first-order valence-corrected chi connectivity index (χ1v) is 8.93. The van der Waals surface area contributed by atoms with Crippen LogP contribution in [0, 0.1) is 5.92 Å². The van der Waals surface area contributed by atoms with Gasteiger partial charge in [0.1, 0.15) is 0 Å². The Kier molecular flexibility index (Phi) is 5.03. The molecule has 0 radical (unpaired) electrons. The van der Waals surface area contributed by atoms with Gasteiger partial charge in [0.25, 0.3) is 0 Å². The molecular weight excluding hydrogens is 390 g/mol. The summed E-state index contributed by atoms with van der Waals surface area (Å²) in [5.74, 6) is 0.543. The van der Waals surface area contributed by atoms with Crippen LogP contribution < -0.4 is 14.8 Å². The molecule has 0 saturated heterocycles. The van der Waals surface area contributed by atoms with Crippen molar-refractivity contribution < 1.29 is 23.8 Å². The SMILES string of the molecule is CC1=C(C(=O)OCC(C)C)[C@H](c2cc3c(cc2Br)OCO3)CC(=O)N1.